The van der Waals surface area contributed by atoms with Crippen molar-refractivity contribution >= 4 is 6.29 Å². The zero-order valence-electron chi connectivity index (χ0n) is 6.81. The third-order valence-electron chi connectivity index (χ3n) is 3.16. The van der Waals surface area contributed by atoms with Gasteiger partial charge in [-0.1, -0.05) is 0 Å². The van der Waals surface area contributed by atoms with Crippen LogP contribution in [0.4, 0.5) is 0 Å². The Labute approximate surface area is 67.1 Å². The van der Waals surface area contributed by atoms with E-state index in [1.807, 2.05) is 0 Å². The first-order valence-corrected chi connectivity index (χ1v) is 4.43. The highest BCUT2D eigenvalue weighted by molar-refractivity contribution is 5.63. The van der Waals surface area contributed by atoms with Gasteiger partial charge in [0.15, 0.2) is 0 Å². The summed E-state index contributed by atoms with van der Waals surface area (Å²) in [5.74, 6) is 0. The standard InChI is InChI=1S/C9H15NO/c10-9(5-6-9)4-3-8(7-11)1-2-8/h7H,1-6,10H2. The van der Waals surface area contributed by atoms with Crippen LogP contribution in [0.1, 0.15) is 38.5 Å². The monoisotopic (exact) mass is 153 g/mol. The quantitative estimate of drug-likeness (QED) is 0.617. The van der Waals surface area contributed by atoms with E-state index in [2.05, 4.69) is 0 Å². The molecule has 0 radical (unpaired) electrons. The van der Waals surface area contributed by atoms with Gasteiger partial charge in [0, 0.05) is 11.0 Å². The molecule has 0 saturated heterocycles. The molecule has 11 heavy (non-hydrogen) atoms. The smallest absolute Gasteiger partial charge is 0.126 e. The first-order chi connectivity index (χ1) is 5.18. The summed E-state index contributed by atoms with van der Waals surface area (Å²) in [7, 11) is 0. The molecule has 2 fully saturated rings. The van der Waals surface area contributed by atoms with E-state index in [0.29, 0.717) is 0 Å². The summed E-state index contributed by atoms with van der Waals surface area (Å²) < 4.78 is 0. The Kier molecular flexibility index (Phi) is 1.37. The van der Waals surface area contributed by atoms with E-state index in [-0.39, 0.29) is 11.0 Å². The molecule has 0 aromatic carbocycles. The summed E-state index contributed by atoms with van der Waals surface area (Å²) in [6.45, 7) is 0. The average molecular weight is 153 g/mol. The van der Waals surface area contributed by atoms with Crippen molar-refractivity contribution in [3.05, 3.63) is 0 Å². The van der Waals surface area contributed by atoms with Crippen LogP contribution in [0.2, 0.25) is 0 Å². The number of hydrogen-bond donors (Lipinski definition) is 1. The lowest BCUT2D eigenvalue weighted by Crippen LogP contribution is -2.23. The molecule has 2 aliphatic rings. The number of carbonyl (C=O) groups is 1. The number of rotatable bonds is 4. The molecule has 0 aromatic rings. The van der Waals surface area contributed by atoms with Gasteiger partial charge in [0.25, 0.3) is 0 Å². The molecule has 0 atom stereocenters. The normalized spacial score (nSPS) is 29.5. The van der Waals surface area contributed by atoms with Crippen LogP contribution >= 0.6 is 0 Å². The van der Waals surface area contributed by atoms with Gasteiger partial charge in [0.1, 0.15) is 6.29 Å². The molecule has 2 heteroatoms. The van der Waals surface area contributed by atoms with E-state index in [0.717, 1.165) is 32.0 Å². The van der Waals surface area contributed by atoms with Crippen molar-refractivity contribution < 1.29 is 4.79 Å². The van der Waals surface area contributed by atoms with Crippen molar-refractivity contribution in [3.63, 3.8) is 0 Å². The van der Waals surface area contributed by atoms with Crippen LogP contribution in [0.15, 0.2) is 0 Å². The molecule has 62 valence electrons. The summed E-state index contributed by atoms with van der Waals surface area (Å²) in [4.78, 5) is 10.6. The number of aldehydes is 1. The largest absolute Gasteiger partial charge is 0.325 e. The van der Waals surface area contributed by atoms with Crippen LogP contribution in [0, 0.1) is 5.41 Å². The first-order valence-electron chi connectivity index (χ1n) is 4.43. The summed E-state index contributed by atoms with van der Waals surface area (Å²) in [6.07, 6.45) is 7.78. The molecule has 0 heterocycles. The molecule has 0 aliphatic heterocycles. The van der Waals surface area contributed by atoms with Crippen molar-refractivity contribution in [2.75, 3.05) is 0 Å². The van der Waals surface area contributed by atoms with Crippen molar-refractivity contribution in [1.29, 1.82) is 0 Å². The van der Waals surface area contributed by atoms with E-state index >= 15 is 0 Å². The molecule has 0 spiro atoms. The summed E-state index contributed by atoms with van der Waals surface area (Å²) in [6, 6.07) is 0. The molecule has 0 unspecified atom stereocenters. The predicted molar refractivity (Wildman–Crippen MR) is 43.1 cm³/mol. The average Bonchev–Trinajstić information content (AvgIpc) is 2.85. The maximum atomic E-state index is 10.6. The second kappa shape index (κ2) is 2.07. The molecule has 2 nitrogen and oxygen atoms in total. The number of carbonyl (C=O) groups excluding carboxylic acids is 1. The van der Waals surface area contributed by atoms with Crippen LogP contribution in [-0.4, -0.2) is 11.8 Å². The summed E-state index contributed by atoms with van der Waals surface area (Å²) >= 11 is 0. The van der Waals surface area contributed by atoms with Gasteiger partial charge in [0.2, 0.25) is 0 Å². The van der Waals surface area contributed by atoms with Gasteiger partial charge in [-0.15, -0.1) is 0 Å². The molecular formula is C9H15NO. The highest BCUT2D eigenvalue weighted by Crippen LogP contribution is 2.50. The minimum absolute atomic E-state index is 0.0783. The predicted octanol–water partition coefficient (Wildman–Crippen LogP) is 1.24. The Morgan fingerprint density at radius 2 is 1.82 bits per heavy atom. The minimum Gasteiger partial charge on any atom is -0.325 e. The second-order valence-corrected chi connectivity index (χ2v) is 4.34. The number of nitrogens with two attached hydrogens (primary N) is 1. The molecular weight excluding hydrogens is 138 g/mol. The van der Waals surface area contributed by atoms with E-state index in [1.165, 1.54) is 12.8 Å². The van der Waals surface area contributed by atoms with Gasteiger partial charge < -0.3 is 10.5 Å². The highest BCUT2D eigenvalue weighted by Gasteiger charge is 2.46. The van der Waals surface area contributed by atoms with Crippen molar-refractivity contribution in [2.45, 2.75) is 44.1 Å². The van der Waals surface area contributed by atoms with Gasteiger partial charge in [0.05, 0.1) is 0 Å². The zero-order chi connectivity index (χ0) is 7.95. The molecule has 2 N–H and O–H groups in total. The maximum absolute atomic E-state index is 10.6. The molecule has 0 amide bonds. The maximum Gasteiger partial charge on any atom is 0.126 e. The summed E-state index contributed by atoms with van der Waals surface area (Å²) in [5.41, 5.74) is 6.14. The SMILES string of the molecule is NC1(CCC2(C=O)CC2)CC1. The Bertz CT molecular complexity index is 180. The third-order valence-corrected chi connectivity index (χ3v) is 3.16. The van der Waals surface area contributed by atoms with Crippen LogP contribution in [-0.2, 0) is 4.79 Å². The highest BCUT2D eigenvalue weighted by atomic mass is 16.1. The lowest BCUT2D eigenvalue weighted by atomic mass is 9.98. The van der Waals surface area contributed by atoms with Crippen molar-refractivity contribution in [1.82, 2.24) is 0 Å². The summed E-state index contributed by atoms with van der Waals surface area (Å²) in [5, 5.41) is 0. The molecule has 0 aromatic heterocycles. The fourth-order valence-electron chi connectivity index (χ4n) is 1.50. The van der Waals surface area contributed by atoms with E-state index in [1.54, 1.807) is 0 Å². The van der Waals surface area contributed by atoms with Gasteiger partial charge in [-0.2, -0.15) is 0 Å². The van der Waals surface area contributed by atoms with Gasteiger partial charge in [-0.05, 0) is 38.5 Å². The zero-order valence-corrected chi connectivity index (χ0v) is 6.81. The molecule has 2 rings (SSSR count). The Balaban J connectivity index is 1.78. The lowest BCUT2D eigenvalue weighted by Gasteiger charge is -2.10. The van der Waals surface area contributed by atoms with E-state index in [9.17, 15) is 4.79 Å². The van der Waals surface area contributed by atoms with E-state index in [4.69, 9.17) is 5.73 Å². The fraction of sp³-hybridized carbons (Fsp3) is 0.889. The fourth-order valence-corrected chi connectivity index (χ4v) is 1.50. The topological polar surface area (TPSA) is 43.1 Å². The van der Waals surface area contributed by atoms with Gasteiger partial charge in [-0.3, -0.25) is 0 Å². The Morgan fingerprint density at radius 1 is 1.18 bits per heavy atom. The first kappa shape index (κ1) is 7.29. The Morgan fingerprint density at radius 3 is 2.18 bits per heavy atom. The van der Waals surface area contributed by atoms with Crippen LogP contribution in [0.3, 0.4) is 0 Å². The second-order valence-electron chi connectivity index (χ2n) is 4.34. The molecule has 2 aliphatic carbocycles. The van der Waals surface area contributed by atoms with Crippen LogP contribution in [0.25, 0.3) is 0 Å². The number of hydrogen-bond acceptors (Lipinski definition) is 2. The van der Waals surface area contributed by atoms with E-state index < -0.39 is 0 Å². The van der Waals surface area contributed by atoms with Gasteiger partial charge >= 0.3 is 0 Å². The third kappa shape index (κ3) is 1.45. The van der Waals surface area contributed by atoms with Gasteiger partial charge in [-0.25, -0.2) is 0 Å². The lowest BCUT2D eigenvalue weighted by molar-refractivity contribution is -0.112. The molecule has 0 bridgehead atoms. The van der Waals surface area contributed by atoms with Crippen molar-refractivity contribution in [2.24, 2.45) is 11.1 Å². The minimum atomic E-state index is 0.0783. The molecule has 2 saturated carbocycles. The van der Waals surface area contributed by atoms with Crippen molar-refractivity contribution in [3.8, 4) is 0 Å². The van der Waals surface area contributed by atoms with Crippen LogP contribution in [0.5, 0.6) is 0 Å². The Hall–Kier alpha value is -0.370. The van der Waals surface area contributed by atoms with Crippen LogP contribution < -0.4 is 5.73 Å².